The summed E-state index contributed by atoms with van der Waals surface area (Å²) in [4.78, 5) is 10.8. The highest BCUT2D eigenvalue weighted by atomic mass is 35.5. The SMILES string of the molecule is Nc1c(-c2ccccc2Cl)nsc1C(=O)O. The van der Waals surface area contributed by atoms with Crippen LogP contribution in [-0.4, -0.2) is 15.4 Å². The molecule has 0 aliphatic heterocycles. The van der Waals surface area contributed by atoms with Gasteiger partial charge in [0, 0.05) is 5.56 Å². The van der Waals surface area contributed by atoms with Gasteiger partial charge in [0.15, 0.2) is 4.88 Å². The van der Waals surface area contributed by atoms with Gasteiger partial charge in [0.25, 0.3) is 0 Å². The van der Waals surface area contributed by atoms with Gasteiger partial charge in [-0.2, -0.15) is 4.37 Å². The molecule has 0 fully saturated rings. The number of nitrogen functional groups attached to an aromatic ring is 1. The van der Waals surface area contributed by atoms with E-state index in [0.29, 0.717) is 16.3 Å². The number of halogens is 1. The number of nitrogens with zero attached hydrogens (tertiary/aromatic N) is 1. The summed E-state index contributed by atoms with van der Waals surface area (Å²) in [7, 11) is 0. The van der Waals surface area contributed by atoms with E-state index in [4.69, 9.17) is 22.4 Å². The summed E-state index contributed by atoms with van der Waals surface area (Å²) < 4.78 is 4.02. The van der Waals surface area contributed by atoms with Crippen molar-refractivity contribution in [1.29, 1.82) is 0 Å². The van der Waals surface area contributed by atoms with Crippen LogP contribution in [0.15, 0.2) is 24.3 Å². The Morgan fingerprint density at radius 1 is 1.44 bits per heavy atom. The van der Waals surface area contributed by atoms with Crippen molar-refractivity contribution in [1.82, 2.24) is 4.37 Å². The Labute approximate surface area is 100 Å². The Kier molecular flexibility index (Phi) is 2.80. The third kappa shape index (κ3) is 1.75. The third-order valence-corrected chi connectivity index (χ3v) is 3.23. The number of rotatable bonds is 2. The molecule has 0 saturated heterocycles. The highest BCUT2D eigenvalue weighted by Gasteiger charge is 2.18. The molecular weight excluding hydrogens is 248 g/mol. The fourth-order valence-corrected chi connectivity index (χ4v) is 2.18. The first-order valence-electron chi connectivity index (χ1n) is 4.34. The van der Waals surface area contributed by atoms with Gasteiger partial charge in [-0.25, -0.2) is 4.79 Å². The number of aromatic nitrogens is 1. The molecule has 82 valence electrons. The quantitative estimate of drug-likeness (QED) is 0.864. The molecule has 0 aliphatic carbocycles. The molecule has 1 heterocycles. The molecule has 0 spiro atoms. The van der Waals surface area contributed by atoms with Crippen molar-refractivity contribution in [2.45, 2.75) is 0 Å². The van der Waals surface area contributed by atoms with Crippen LogP contribution in [0.3, 0.4) is 0 Å². The standard InChI is InChI=1S/C10H7ClN2O2S/c11-6-4-2-1-3-5(6)8-7(12)9(10(14)15)16-13-8/h1-4H,12H2,(H,14,15). The summed E-state index contributed by atoms with van der Waals surface area (Å²) in [6, 6.07) is 7.03. The van der Waals surface area contributed by atoms with Gasteiger partial charge in [-0.1, -0.05) is 29.8 Å². The molecule has 0 amide bonds. The molecule has 6 heteroatoms. The lowest BCUT2D eigenvalue weighted by molar-refractivity contribution is 0.0703. The van der Waals surface area contributed by atoms with Gasteiger partial charge < -0.3 is 10.8 Å². The van der Waals surface area contributed by atoms with Gasteiger partial charge in [0.2, 0.25) is 0 Å². The van der Waals surface area contributed by atoms with Gasteiger partial charge in [-0.3, -0.25) is 0 Å². The molecule has 0 aliphatic rings. The normalized spacial score (nSPS) is 10.3. The summed E-state index contributed by atoms with van der Waals surface area (Å²) in [5.41, 5.74) is 6.94. The van der Waals surface area contributed by atoms with Crippen LogP contribution < -0.4 is 5.73 Å². The van der Waals surface area contributed by atoms with E-state index in [9.17, 15) is 4.79 Å². The van der Waals surface area contributed by atoms with Gasteiger partial charge in [0.05, 0.1) is 10.7 Å². The van der Waals surface area contributed by atoms with Crippen LogP contribution >= 0.6 is 23.1 Å². The number of carboxylic acids is 1. The number of carbonyl (C=O) groups is 1. The molecular formula is C10H7ClN2O2S. The van der Waals surface area contributed by atoms with Gasteiger partial charge in [-0.15, -0.1) is 0 Å². The Hall–Kier alpha value is -1.59. The zero-order valence-electron chi connectivity index (χ0n) is 7.98. The van der Waals surface area contributed by atoms with Crippen LogP contribution in [0, 0.1) is 0 Å². The second-order valence-electron chi connectivity index (χ2n) is 3.06. The summed E-state index contributed by atoms with van der Waals surface area (Å²) in [6.45, 7) is 0. The molecule has 1 aromatic heterocycles. The van der Waals surface area contributed by atoms with Crippen molar-refractivity contribution in [3.8, 4) is 11.3 Å². The fourth-order valence-electron chi connectivity index (χ4n) is 1.30. The van der Waals surface area contributed by atoms with E-state index in [1.54, 1.807) is 24.3 Å². The lowest BCUT2D eigenvalue weighted by Crippen LogP contribution is -1.98. The van der Waals surface area contributed by atoms with Gasteiger partial charge in [-0.05, 0) is 17.6 Å². The highest BCUT2D eigenvalue weighted by Crippen LogP contribution is 2.34. The van der Waals surface area contributed by atoms with Crippen molar-refractivity contribution < 1.29 is 9.90 Å². The summed E-state index contributed by atoms with van der Waals surface area (Å²) >= 11 is 6.84. The van der Waals surface area contributed by atoms with Gasteiger partial charge >= 0.3 is 5.97 Å². The van der Waals surface area contributed by atoms with Crippen molar-refractivity contribution in [3.63, 3.8) is 0 Å². The van der Waals surface area contributed by atoms with E-state index < -0.39 is 5.97 Å². The van der Waals surface area contributed by atoms with E-state index >= 15 is 0 Å². The predicted octanol–water partition coefficient (Wildman–Crippen LogP) is 2.74. The van der Waals surface area contributed by atoms with Crippen LogP contribution in [-0.2, 0) is 0 Å². The van der Waals surface area contributed by atoms with E-state index in [1.165, 1.54) is 0 Å². The molecule has 0 atom stereocenters. The molecule has 2 aromatic rings. The first kappa shape index (κ1) is 10.9. The maximum Gasteiger partial charge on any atom is 0.349 e. The lowest BCUT2D eigenvalue weighted by atomic mass is 10.1. The molecule has 4 nitrogen and oxygen atoms in total. The maximum absolute atomic E-state index is 10.8. The zero-order valence-corrected chi connectivity index (χ0v) is 9.55. The molecule has 3 N–H and O–H groups in total. The molecule has 16 heavy (non-hydrogen) atoms. The van der Waals surface area contributed by atoms with E-state index in [-0.39, 0.29) is 10.6 Å². The second kappa shape index (κ2) is 4.11. The topological polar surface area (TPSA) is 76.2 Å². The largest absolute Gasteiger partial charge is 0.477 e. The minimum absolute atomic E-state index is 0.0370. The smallest absolute Gasteiger partial charge is 0.349 e. The average Bonchev–Trinajstić information content (AvgIpc) is 2.61. The van der Waals surface area contributed by atoms with Crippen LogP contribution in [0.1, 0.15) is 9.67 Å². The maximum atomic E-state index is 10.8. The number of nitrogens with two attached hydrogens (primary N) is 1. The highest BCUT2D eigenvalue weighted by molar-refractivity contribution is 7.09. The minimum atomic E-state index is -1.08. The number of hydrogen-bond donors (Lipinski definition) is 2. The van der Waals surface area contributed by atoms with Crippen LogP contribution in [0.5, 0.6) is 0 Å². The first-order valence-corrected chi connectivity index (χ1v) is 5.49. The summed E-state index contributed by atoms with van der Waals surface area (Å²) in [6.07, 6.45) is 0. The second-order valence-corrected chi connectivity index (χ2v) is 4.24. The Bertz CT molecular complexity index is 554. The van der Waals surface area contributed by atoms with Crippen molar-refractivity contribution >= 4 is 34.8 Å². The van der Waals surface area contributed by atoms with Crippen molar-refractivity contribution in [2.75, 3.05) is 5.73 Å². The zero-order chi connectivity index (χ0) is 11.7. The van der Waals surface area contributed by atoms with Crippen LogP contribution in [0.4, 0.5) is 5.69 Å². The number of anilines is 1. The molecule has 0 unspecified atom stereocenters. The van der Waals surface area contributed by atoms with E-state index in [2.05, 4.69) is 4.37 Å². The number of aromatic carboxylic acids is 1. The third-order valence-electron chi connectivity index (χ3n) is 2.05. The van der Waals surface area contributed by atoms with Crippen LogP contribution in [0.25, 0.3) is 11.3 Å². The van der Waals surface area contributed by atoms with E-state index in [0.717, 1.165) is 11.5 Å². The average molecular weight is 255 g/mol. The molecule has 0 saturated carbocycles. The molecule has 0 bridgehead atoms. The Morgan fingerprint density at radius 3 is 2.69 bits per heavy atom. The van der Waals surface area contributed by atoms with Gasteiger partial charge in [0.1, 0.15) is 5.69 Å². The first-order chi connectivity index (χ1) is 7.61. The van der Waals surface area contributed by atoms with Crippen molar-refractivity contribution in [3.05, 3.63) is 34.2 Å². The summed E-state index contributed by atoms with van der Waals surface area (Å²) in [5.74, 6) is -1.08. The molecule has 1 aromatic carbocycles. The van der Waals surface area contributed by atoms with Crippen molar-refractivity contribution in [2.24, 2.45) is 0 Å². The molecule has 0 radical (unpaired) electrons. The van der Waals surface area contributed by atoms with E-state index in [1.807, 2.05) is 0 Å². The monoisotopic (exact) mass is 254 g/mol. The number of hydrogen-bond acceptors (Lipinski definition) is 4. The summed E-state index contributed by atoms with van der Waals surface area (Å²) in [5, 5.41) is 9.35. The number of carboxylic acid groups (broad SMARTS) is 1. The Balaban J connectivity index is 2.58. The fraction of sp³-hybridized carbons (Fsp3) is 0. The predicted molar refractivity (Wildman–Crippen MR) is 63.9 cm³/mol. The minimum Gasteiger partial charge on any atom is -0.477 e. The number of benzene rings is 1. The molecule has 2 rings (SSSR count). The Morgan fingerprint density at radius 2 is 2.12 bits per heavy atom. The lowest BCUT2D eigenvalue weighted by Gasteiger charge is -2.01. The van der Waals surface area contributed by atoms with Crippen LogP contribution in [0.2, 0.25) is 5.02 Å².